The van der Waals surface area contributed by atoms with Gasteiger partial charge in [-0.15, -0.1) is 11.3 Å². The molecule has 1 aromatic carbocycles. The quantitative estimate of drug-likeness (QED) is 0.797. The molecule has 0 radical (unpaired) electrons. The SMILES string of the molecule is COC(=O)[C@H]1CCCN1C(=O)Cc1nc(-c2ccc(F)cc2)cs1. The summed E-state index contributed by atoms with van der Waals surface area (Å²) in [7, 11) is 1.33. The first-order chi connectivity index (χ1) is 11.6. The van der Waals surface area contributed by atoms with E-state index in [-0.39, 0.29) is 24.1 Å². The van der Waals surface area contributed by atoms with E-state index in [4.69, 9.17) is 4.74 Å². The van der Waals surface area contributed by atoms with E-state index in [0.29, 0.717) is 23.7 Å². The molecule has 2 aromatic rings. The minimum absolute atomic E-state index is 0.122. The van der Waals surface area contributed by atoms with Gasteiger partial charge in [0.15, 0.2) is 0 Å². The number of ether oxygens (including phenoxy) is 1. The van der Waals surface area contributed by atoms with Crippen LogP contribution in [0.1, 0.15) is 17.8 Å². The second-order valence-electron chi connectivity index (χ2n) is 5.58. The van der Waals surface area contributed by atoms with Crippen molar-refractivity contribution in [3.05, 3.63) is 40.5 Å². The molecule has 0 N–H and O–H groups in total. The number of halogens is 1. The van der Waals surface area contributed by atoms with Gasteiger partial charge in [-0.2, -0.15) is 0 Å². The fraction of sp³-hybridized carbons (Fsp3) is 0.353. The fourth-order valence-corrected chi connectivity index (χ4v) is 3.62. The molecule has 5 nitrogen and oxygen atoms in total. The van der Waals surface area contributed by atoms with Crippen molar-refractivity contribution in [2.75, 3.05) is 13.7 Å². The Morgan fingerprint density at radius 2 is 2.12 bits per heavy atom. The van der Waals surface area contributed by atoms with Crippen molar-refractivity contribution >= 4 is 23.2 Å². The van der Waals surface area contributed by atoms with E-state index in [9.17, 15) is 14.0 Å². The number of carbonyl (C=O) groups is 2. The molecule has 126 valence electrons. The van der Waals surface area contributed by atoms with Crippen LogP contribution in [-0.2, 0) is 20.7 Å². The van der Waals surface area contributed by atoms with E-state index in [1.54, 1.807) is 17.0 Å². The normalized spacial score (nSPS) is 17.1. The maximum Gasteiger partial charge on any atom is 0.328 e. The number of thiazole rings is 1. The highest BCUT2D eigenvalue weighted by Crippen LogP contribution is 2.24. The summed E-state index contributed by atoms with van der Waals surface area (Å²) in [5, 5.41) is 2.52. The lowest BCUT2D eigenvalue weighted by atomic mass is 10.2. The van der Waals surface area contributed by atoms with E-state index >= 15 is 0 Å². The third-order valence-corrected chi connectivity index (χ3v) is 4.89. The third-order valence-electron chi connectivity index (χ3n) is 4.04. The molecule has 0 unspecified atom stereocenters. The number of nitrogens with zero attached hydrogens (tertiary/aromatic N) is 2. The smallest absolute Gasteiger partial charge is 0.328 e. The zero-order chi connectivity index (χ0) is 17.1. The molecule has 1 aliphatic heterocycles. The van der Waals surface area contributed by atoms with Gasteiger partial charge in [0.2, 0.25) is 5.91 Å². The van der Waals surface area contributed by atoms with Crippen LogP contribution in [0.3, 0.4) is 0 Å². The number of carbonyl (C=O) groups excluding carboxylic acids is 2. The maximum absolute atomic E-state index is 13.0. The Bertz CT molecular complexity index is 745. The summed E-state index contributed by atoms with van der Waals surface area (Å²) in [4.78, 5) is 30.2. The van der Waals surface area contributed by atoms with Crippen molar-refractivity contribution < 1.29 is 18.7 Å². The fourth-order valence-electron chi connectivity index (χ4n) is 2.82. The zero-order valence-corrected chi connectivity index (χ0v) is 14.0. The zero-order valence-electron chi connectivity index (χ0n) is 13.2. The molecular weight excluding hydrogens is 331 g/mol. The van der Waals surface area contributed by atoms with Gasteiger partial charge < -0.3 is 9.64 Å². The molecule has 1 saturated heterocycles. The molecule has 2 heterocycles. The molecule has 0 bridgehead atoms. The molecular formula is C17H17FN2O3S. The first kappa shape index (κ1) is 16.6. The Morgan fingerprint density at radius 3 is 2.83 bits per heavy atom. The van der Waals surface area contributed by atoms with E-state index < -0.39 is 6.04 Å². The van der Waals surface area contributed by atoms with Gasteiger partial charge in [-0.05, 0) is 37.1 Å². The van der Waals surface area contributed by atoms with Crippen LogP contribution < -0.4 is 0 Å². The summed E-state index contributed by atoms with van der Waals surface area (Å²) in [6, 6.07) is 5.59. The lowest BCUT2D eigenvalue weighted by molar-refractivity contribution is -0.150. The van der Waals surface area contributed by atoms with E-state index in [1.165, 1.54) is 30.6 Å². The van der Waals surface area contributed by atoms with E-state index in [0.717, 1.165) is 12.0 Å². The molecule has 1 fully saturated rings. The molecule has 1 aliphatic rings. The number of benzene rings is 1. The van der Waals surface area contributed by atoms with Crippen LogP contribution in [0.4, 0.5) is 4.39 Å². The van der Waals surface area contributed by atoms with Crippen molar-refractivity contribution in [1.82, 2.24) is 9.88 Å². The van der Waals surface area contributed by atoms with Crippen LogP contribution >= 0.6 is 11.3 Å². The third kappa shape index (κ3) is 3.46. The van der Waals surface area contributed by atoms with Crippen molar-refractivity contribution in [3.63, 3.8) is 0 Å². The molecule has 24 heavy (non-hydrogen) atoms. The summed E-state index contributed by atoms with van der Waals surface area (Å²) in [5.41, 5.74) is 1.52. The number of amides is 1. The van der Waals surface area contributed by atoms with Crippen LogP contribution in [0.15, 0.2) is 29.6 Å². The number of rotatable bonds is 4. The lowest BCUT2D eigenvalue weighted by Crippen LogP contribution is -2.41. The summed E-state index contributed by atoms with van der Waals surface area (Å²) >= 11 is 1.38. The van der Waals surface area contributed by atoms with Crippen LogP contribution in [0.2, 0.25) is 0 Å². The number of aromatic nitrogens is 1. The first-order valence-corrected chi connectivity index (χ1v) is 8.54. The van der Waals surface area contributed by atoms with Crippen LogP contribution in [0, 0.1) is 5.82 Å². The molecule has 1 amide bonds. The minimum atomic E-state index is -0.487. The van der Waals surface area contributed by atoms with Gasteiger partial charge >= 0.3 is 5.97 Å². The summed E-state index contributed by atoms with van der Waals surface area (Å²) in [5.74, 6) is -0.790. The molecule has 3 rings (SSSR count). The number of methoxy groups -OCH3 is 1. The summed E-state index contributed by atoms with van der Waals surface area (Å²) in [6.07, 6.45) is 1.58. The number of esters is 1. The number of hydrogen-bond acceptors (Lipinski definition) is 5. The monoisotopic (exact) mass is 348 g/mol. The highest BCUT2D eigenvalue weighted by molar-refractivity contribution is 7.10. The largest absolute Gasteiger partial charge is 0.467 e. The van der Waals surface area contributed by atoms with Gasteiger partial charge in [0, 0.05) is 17.5 Å². The average Bonchev–Trinajstić information content (AvgIpc) is 3.24. The predicted octanol–water partition coefficient (Wildman–Crippen LogP) is 2.66. The van der Waals surface area contributed by atoms with Crippen molar-refractivity contribution in [2.45, 2.75) is 25.3 Å². The maximum atomic E-state index is 13.0. The molecule has 7 heteroatoms. The van der Waals surface area contributed by atoms with Crippen LogP contribution in [0.25, 0.3) is 11.3 Å². The highest BCUT2D eigenvalue weighted by atomic mass is 32.1. The summed E-state index contributed by atoms with van der Waals surface area (Å²) in [6.45, 7) is 0.564. The van der Waals surface area contributed by atoms with E-state index in [1.807, 2.05) is 5.38 Å². The average molecular weight is 348 g/mol. The molecule has 0 spiro atoms. The first-order valence-electron chi connectivity index (χ1n) is 7.66. The Labute approximate surface area is 143 Å². The summed E-state index contributed by atoms with van der Waals surface area (Å²) < 4.78 is 17.7. The molecule has 1 aromatic heterocycles. The van der Waals surface area contributed by atoms with Gasteiger partial charge in [0.25, 0.3) is 0 Å². The topological polar surface area (TPSA) is 59.5 Å². The van der Waals surface area contributed by atoms with Gasteiger partial charge in [-0.3, -0.25) is 4.79 Å². The lowest BCUT2D eigenvalue weighted by Gasteiger charge is -2.22. The molecule has 0 saturated carbocycles. The number of likely N-dealkylation sites (tertiary alicyclic amines) is 1. The Balaban J connectivity index is 1.69. The van der Waals surface area contributed by atoms with Crippen molar-refractivity contribution in [1.29, 1.82) is 0 Å². The standard InChI is InChI=1S/C17H17FN2O3S/c1-23-17(22)14-3-2-8-20(14)16(21)9-15-19-13(10-24-15)11-4-6-12(18)7-5-11/h4-7,10,14H,2-3,8-9H2,1H3/t14-/m1/s1. The predicted molar refractivity (Wildman–Crippen MR) is 88.0 cm³/mol. The van der Waals surface area contributed by atoms with Gasteiger partial charge in [0.05, 0.1) is 19.2 Å². The van der Waals surface area contributed by atoms with Crippen LogP contribution in [0.5, 0.6) is 0 Å². The molecule has 0 aliphatic carbocycles. The Hall–Kier alpha value is -2.28. The number of hydrogen-bond donors (Lipinski definition) is 0. The Morgan fingerprint density at radius 1 is 1.38 bits per heavy atom. The highest BCUT2D eigenvalue weighted by Gasteiger charge is 2.34. The van der Waals surface area contributed by atoms with Gasteiger partial charge in [-0.25, -0.2) is 14.2 Å². The minimum Gasteiger partial charge on any atom is -0.467 e. The second kappa shape index (κ2) is 7.09. The van der Waals surface area contributed by atoms with Crippen molar-refractivity contribution in [2.24, 2.45) is 0 Å². The molecule has 1 atom stereocenters. The van der Waals surface area contributed by atoms with Crippen molar-refractivity contribution in [3.8, 4) is 11.3 Å². The second-order valence-corrected chi connectivity index (χ2v) is 6.52. The van der Waals surface area contributed by atoms with E-state index in [2.05, 4.69) is 4.98 Å². The van der Waals surface area contributed by atoms with Gasteiger partial charge in [0.1, 0.15) is 16.9 Å². The van der Waals surface area contributed by atoms with Crippen LogP contribution in [-0.4, -0.2) is 41.5 Å². The Kier molecular flexibility index (Phi) is 4.89. The van der Waals surface area contributed by atoms with Gasteiger partial charge in [-0.1, -0.05) is 0 Å².